The summed E-state index contributed by atoms with van der Waals surface area (Å²) in [6.45, 7) is -0.107. The Labute approximate surface area is 185 Å². The average molecular weight is 471 g/mol. The van der Waals surface area contributed by atoms with Gasteiger partial charge in [0.1, 0.15) is 23.8 Å². The maximum Gasteiger partial charge on any atom is 0.230 e. The van der Waals surface area contributed by atoms with Gasteiger partial charge in [-0.25, -0.2) is 17.8 Å². The van der Waals surface area contributed by atoms with E-state index in [1.807, 2.05) is 0 Å². The highest BCUT2D eigenvalue weighted by Gasteiger charge is 2.19. The molecule has 0 aliphatic carbocycles. The molecular weight excluding hydrogens is 457 g/mol. The largest absolute Gasteiger partial charge is 0.424 e. The molecule has 4 rings (SSSR count). The van der Waals surface area contributed by atoms with Gasteiger partial charge >= 0.3 is 0 Å². The number of halogens is 1. The van der Waals surface area contributed by atoms with Gasteiger partial charge in [-0.2, -0.15) is 5.26 Å². The summed E-state index contributed by atoms with van der Waals surface area (Å²) >= 11 is 1.28. The Balaban J connectivity index is 1.52. The molecule has 0 spiro atoms. The van der Waals surface area contributed by atoms with Crippen LogP contribution in [0.4, 0.5) is 4.39 Å². The van der Waals surface area contributed by atoms with E-state index in [4.69, 9.17) is 9.68 Å². The fraction of sp³-hybridized carbons (Fsp3) is 0.150. The van der Waals surface area contributed by atoms with E-state index in [9.17, 15) is 17.6 Å². The van der Waals surface area contributed by atoms with Gasteiger partial charge in [0.05, 0.1) is 32.5 Å². The molecule has 2 aromatic heterocycles. The first-order valence-electron chi connectivity index (χ1n) is 9.20. The average Bonchev–Trinajstić information content (AvgIpc) is 3.38. The molecule has 32 heavy (non-hydrogen) atoms. The van der Waals surface area contributed by atoms with Crippen LogP contribution < -0.4 is 5.32 Å². The van der Waals surface area contributed by atoms with Gasteiger partial charge in [0.25, 0.3) is 0 Å². The van der Waals surface area contributed by atoms with E-state index in [-0.39, 0.29) is 41.0 Å². The van der Waals surface area contributed by atoms with Crippen molar-refractivity contribution < 1.29 is 22.0 Å². The lowest BCUT2D eigenvalue weighted by molar-refractivity contribution is -0.120. The second-order valence-electron chi connectivity index (χ2n) is 6.57. The van der Waals surface area contributed by atoms with E-state index >= 15 is 0 Å². The van der Waals surface area contributed by atoms with Crippen LogP contribution in [0.25, 0.3) is 10.2 Å². The van der Waals surface area contributed by atoms with Crippen molar-refractivity contribution in [3.63, 3.8) is 0 Å². The maximum atomic E-state index is 13.1. The summed E-state index contributed by atoms with van der Waals surface area (Å²) in [5, 5.41) is 19.2. The molecule has 2 aromatic carbocycles. The third kappa shape index (κ3) is 4.63. The molecule has 1 amide bonds. The van der Waals surface area contributed by atoms with Crippen molar-refractivity contribution in [1.82, 2.24) is 20.5 Å². The molecule has 0 saturated heterocycles. The molecule has 0 aliphatic rings. The Kier molecular flexibility index (Phi) is 5.93. The SMILES string of the molecule is N#CCNC(=O)Cc1nnc(Cc2nc3ccc(S(=O)(=O)c4ccc(F)cc4)cc3s2)o1. The first kappa shape index (κ1) is 21.5. The topological polar surface area (TPSA) is 139 Å². The number of sulfone groups is 1. The Morgan fingerprint density at radius 2 is 1.84 bits per heavy atom. The maximum absolute atomic E-state index is 13.1. The number of nitrogens with one attached hydrogen (secondary N) is 1. The number of nitrogens with zero attached hydrogens (tertiary/aromatic N) is 4. The third-order valence-electron chi connectivity index (χ3n) is 4.33. The van der Waals surface area contributed by atoms with Crippen LogP contribution in [0.1, 0.15) is 16.8 Å². The monoisotopic (exact) mass is 471 g/mol. The second kappa shape index (κ2) is 8.81. The molecule has 0 fully saturated rings. The van der Waals surface area contributed by atoms with E-state index in [2.05, 4.69) is 20.5 Å². The fourth-order valence-electron chi connectivity index (χ4n) is 2.84. The van der Waals surface area contributed by atoms with Crippen LogP contribution in [0.15, 0.2) is 56.7 Å². The van der Waals surface area contributed by atoms with Crippen LogP contribution in [0.3, 0.4) is 0 Å². The van der Waals surface area contributed by atoms with Gasteiger partial charge in [-0.05, 0) is 42.5 Å². The van der Waals surface area contributed by atoms with Crippen molar-refractivity contribution >= 4 is 37.3 Å². The number of amides is 1. The van der Waals surface area contributed by atoms with Gasteiger partial charge in [0, 0.05) is 0 Å². The lowest BCUT2D eigenvalue weighted by atomic mass is 10.3. The number of thiazole rings is 1. The van der Waals surface area contributed by atoms with Crippen molar-refractivity contribution in [2.75, 3.05) is 6.54 Å². The Morgan fingerprint density at radius 3 is 2.59 bits per heavy atom. The smallest absolute Gasteiger partial charge is 0.230 e. The normalized spacial score (nSPS) is 11.4. The summed E-state index contributed by atoms with van der Waals surface area (Å²) in [5.41, 5.74) is 0.610. The van der Waals surface area contributed by atoms with Crippen molar-refractivity contribution in [2.45, 2.75) is 22.6 Å². The van der Waals surface area contributed by atoms with Gasteiger partial charge in [-0.3, -0.25) is 4.79 Å². The van der Waals surface area contributed by atoms with Crippen molar-refractivity contribution in [1.29, 1.82) is 5.26 Å². The predicted octanol–water partition coefficient (Wildman–Crippen LogP) is 2.42. The van der Waals surface area contributed by atoms with E-state index < -0.39 is 21.6 Å². The number of aromatic nitrogens is 3. The van der Waals surface area contributed by atoms with Gasteiger partial charge in [0.15, 0.2) is 0 Å². The van der Waals surface area contributed by atoms with Gasteiger partial charge in [0.2, 0.25) is 27.5 Å². The van der Waals surface area contributed by atoms with Crippen LogP contribution >= 0.6 is 11.3 Å². The molecule has 0 unspecified atom stereocenters. The summed E-state index contributed by atoms with van der Waals surface area (Å²) in [7, 11) is -3.80. The number of carbonyl (C=O) groups is 1. The molecule has 9 nitrogen and oxygen atoms in total. The van der Waals surface area contributed by atoms with Crippen molar-refractivity contribution in [2.24, 2.45) is 0 Å². The molecule has 12 heteroatoms. The number of benzene rings is 2. The van der Waals surface area contributed by atoms with Crippen LogP contribution in [-0.4, -0.2) is 36.1 Å². The minimum Gasteiger partial charge on any atom is -0.424 e. The third-order valence-corrected chi connectivity index (χ3v) is 7.11. The summed E-state index contributed by atoms with van der Waals surface area (Å²) in [6.07, 6.45) is 0.0747. The van der Waals surface area contributed by atoms with Crippen molar-refractivity contribution in [3.05, 3.63) is 65.1 Å². The molecule has 0 atom stereocenters. The summed E-state index contributed by atoms with van der Waals surface area (Å²) in [4.78, 5) is 16.2. The summed E-state index contributed by atoms with van der Waals surface area (Å²) in [5.74, 6) is -0.550. The van der Waals surface area contributed by atoms with E-state index in [0.29, 0.717) is 15.2 Å². The number of nitriles is 1. The zero-order valence-corrected chi connectivity index (χ0v) is 17.9. The molecule has 0 saturated carbocycles. The summed E-state index contributed by atoms with van der Waals surface area (Å²) < 4.78 is 44.9. The van der Waals surface area contributed by atoms with E-state index in [0.717, 1.165) is 12.1 Å². The Hall–Kier alpha value is -3.69. The quantitative estimate of drug-likeness (QED) is 0.320. The van der Waals surface area contributed by atoms with Gasteiger partial charge in [-0.15, -0.1) is 21.5 Å². The molecular formula is C20H14FN5O4S2. The highest BCUT2D eigenvalue weighted by atomic mass is 32.2. The lowest BCUT2D eigenvalue weighted by Gasteiger charge is -2.04. The first-order chi connectivity index (χ1) is 15.3. The predicted molar refractivity (Wildman–Crippen MR) is 111 cm³/mol. The molecule has 4 aromatic rings. The molecule has 162 valence electrons. The number of hydrogen-bond acceptors (Lipinski definition) is 9. The molecule has 1 N–H and O–H groups in total. The number of fused-ring (bicyclic) bond motifs is 1. The van der Waals surface area contributed by atoms with Crippen LogP contribution in [0.5, 0.6) is 0 Å². The van der Waals surface area contributed by atoms with Gasteiger partial charge in [-0.1, -0.05) is 0 Å². The van der Waals surface area contributed by atoms with E-state index in [1.165, 1.54) is 35.6 Å². The highest BCUT2D eigenvalue weighted by molar-refractivity contribution is 7.91. The molecule has 0 radical (unpaired) electrons. The summed E-state index contributed by atoms with van der Waals surface area (Å²) in [6, 6.07) is 11.0. The molecule has 2 heterocycles. The second-order valence-corrected chi connectivity index (χ2v) is 9.64. The lowest BCUT2D eigenvalue weighted by Crippen LogP contribution is -2.25. The molecule has 0 bridgehead atoms. The first-order valence-corrected chi connectivity index (χ1v) is 11.5. The molecule has 0 aliphatic heterocycles. The zero-order chi connectivity index (χ0) is 22.7. The van der Waals surface area contributed by atoms with Crippen molar-refractivity contribution in [3.8, 4) is 6.07 Å². The van der Waals surface area contributed by atoms with Crippen LogP contribution in [0, 0.1) is 17.1 Å². The number of rotatable bonds is 7. The Bertz CT molecular complexity index is 1440. The van der Waals surface area contributed by atoms with Crippen LogP contribution in [-0.2, 0) is 27.5 Å². The number of hydrogen-bond donors (Lipinski definition) is 1. The van der Waals surface area contributed by atoms with E-state index in [1.54, 1.807) is 12.1 Å². The van der Waals surface area contributed by atoms with Gasteiger partial charge < -0.3 is 9.73 Å². The standard InChI is InChI=1S/C20H14FN5O4S2/c21-12-1-3-13(4-2-12)32(28,29)14-5-6-15-16(9-14)31-20(24-15)11-19-26-25-18(30-19)10-17(27)23-8-7-22/h1-6,9H,8,10-11H2,(H,23,27). The minimum absolute atomic E-state index is 0.000171. The zero-order valence-electron chi connectivity index (χ0n) is 16.3. The minimum atomic E-state index is -3.80. The Morgan fingerprint density at radius 1 is 1.12 bits per heavy atom. The van der Waals surface area contributed by atoms with Crippen LogP contribution in [0.2, 0.25) is 0 Å². The number of carbonyl (C=O) groups excluding carboxylic acids is 1. The highest BCUT2D eigenvalue weighted by Crippen LogP contribution is 2.29. The fourth-order valence-corrected chi connectivity index (χ4v) is 5.20.